The molecule has 180 valence electrons. The van der Waals surface area contributed by atoms with Crippen molar-refractivity contribution in [2.24, 2.45) is 0 Å². The van der Waals surface area contributed by atoms with E-state index in [0.29, 0.717) is 0 Å². The quantitative estimate of drug-likeness (QED) is 0.152. The molecule has 3 heteroatoms. The van der Waals surface area contributed by atoms with Crippen molar-refractivity contribution in [3.8, 4) is 11.5 Å². The summed E-state index contributed by atoms with van der Waals surface area (Å²) >= 11 is 0. The van der Waals surface area contributed by atoms with E-state index in [4.69, 9.17) is 0 Å². The van der Waals surface area contributed by atoms with Crippen molar-refractivity contribution >= 4 is 48.9 Å². The van der Waals surface area contributed by atoms with E-state index in [1.807, 2.05) is 24.3 Å². The fraction of sp³-hybridized carbons (Fsp3) is 0.600. The maximum atomic E-state index is 10.9. The Hall–Kier alpha value is -0.389. The van der Waals surface area contributed by atoms with Gasteiger partial charge in [-0.1, -0.05) is 139 Å². The predicted octanol–water partition coefficient (Wildman–Crippen LogP) is 7.73. The molecule has 0 amide bonds. The standard InChI is InChI=1S/2C15H24O.Ba/c2*1-2-3-4-5-6-7-8-9-14-10-12-15(16)13-11-14;/h2*10-13,16H,2-9H2,1H3;/q;;+2/p-2. The van der Waals surface area contributed by atoms with Crippen molar-refractivity contribution in [3.05, 3.63) is 59.7 Å². The third-order valence-corrected chi connectivity index (χ3v) is 5.98. The van der Waals surface area contributed by atoms with Gasteiger partial charge in [-0.3, -0.25) is 0 Å². The van der Waals surface area contributed by atoms with Crippen LogP contribution in [0.2, 0.25) is 0 Å². The van der Waals surface area contributed by atoms with E-state index in [1.54, 1.807) is 24.3 Å². The molecule has 0 bridgehead atoms. The Bertz CT molecular complexity index is 593. The monoisotopic (exact) mass is 576 g/mol. The largest absolute Gasteiger partial charge is 2.00 e. The van der Waals surface area contributed by atoms with Crippen molar-refractivity contribution in [3.63, 3.8) is 0 Å². The molecular weight excluding hydrogens is 530 g/mol. The molecule has 0 radical (unpaired) electrons. The molecule has 0 aliphatic carbocycles. The Morgan fingerprint density at radius 2 is 0.697 bits per heavy atom. The van der Waals surface area contributed by atoms with E-state index in [2.05, 4.69) is 13.8 Å². The van der Waals surface area contributed by atoms with Crippen molar-refractivity contribution in [1.29, 1.82) is 0 Å². The van der Waals surface area contributed by atoms with E-state index in [0.717, 1.165) is 12.8 Å². The molecule has 0 fully saturated rings. The molecule has 33 heavy (non-hydrogen) atoms. The van der Waals surface area contributed by atoms with E-state index < -0.39 is 0 Å². The predicted molar refractivity (Wildman–Crippen MR) is 141 cm³/mol. The van der Waals surface area contributed by atoms with Crippen molar-refractivity contribution in [2.75, 3.05) is 0 Å². The van der Waals surface area contributed by atoms with Gasteiger partial charge in [-0.05, 0) is 36.8 Å². The van der Waals surface area contributed by atoms with Gasteiger partial charge in [0.2, 0.25) is 0 Å². The topological polar surface area (TPSA) is 46.1 Å². The van der Waals surface area contributed by atoms with Crippen LogP contribution in [0.1, 0.15) is 115 Å². The second-order valence-corrected chi connectivity index (χ2v) is 9.03. The van der Waals surface area contributed by atoms with Crippen LogP contribution in [-0.4, -0.2) is 48.9 Å². The van der Waals surface area contributed by atoms with Gasteiger partial charge in [0, 0.05) is 0 Å². The minimum atomic E-state index is 0. The molecule has 2 rings (SSSR count). The van der Waals surface area contributed by atoms with Crippen LogP contribution in [0.5, 0.6) is 11.5 Å². The van der Waals surface area contributed by atoms with Crippen LogP contribution in [0, 0.1) is 0 Å². The SMILES string of the molecule is CCCCCCCCCc1ccc([O-])cc1.CCCCCCCCCc1ccc([O-])cc1.[Ba+2]. The maximum absolute atomic E-state index is 10.9. The number of aryl methyl sites for hydroxylation is 2. The molecule has 2 aromatic carbocycles. The first-order valence-corrected chi connectivity index (χ1v) is 13.2. The Balaban J connectivity index is 0.000000602. The first-order valence-electron chi connectivity index (χ1n) is 13.2. The Morgan fingerprint density at radius 1 is 0.424 bits per heavy atom. The Morgan fingerprint density at radius 3 is 1.00 bits per heavy atom. The number of hydrogen-bond donors (Lipinski definition) is 0. The minimum absolute atomic E-state index is 0. The summed E-state index contributed by atoms with van der Waals surface area (Å²) in [7, 11) is 0. The molecule has 0 atom stereocenters. The van der Waals surface area contributed by atoms with Crippen LogP contribution in [0.3, 0.4) is 0 Å². The number of unbranched alkanes of at least 4 members (excludes halogenated alkanes) is 12. The fourth-order valence-electron chi connectivity index (χ4n) is 3.88. The van der Waals surface area contributed by atoms with Crippen LogP contribution in [0.25, 0.3) is 0 Å². The first kappa shape index (κ1) is 32.6. The summed E-state index contributed by atoms with van der Waals surface area (Å²) in [5, 5.41) is 21.8. The molecule has 2 nitrogen and oxygen atoms in total. The van der Waals surface area contributed by atoms with Gasteiger partial charge in [-0.25, -0.2) is 0 Å². The third-order valence-electron chi connectivity index (χ3n) is 5.98. The first-order chi connectivity index (χ1) is 15.7. The molecule has 0 N–H and O–H groups in total. The molecule has 0 heterocycles. The van der Waals surface area contributed by atoms with Crippen LogP contribution >= 0.6 is 0 Å². The molecule has 0 aliphatic heterocycles. The summed E-state index contributed by atoms with van der Waals surface area (Å²) in [5.41, 5.74) is 2.60. The van der Waals surface area contributed by atoms with Crippen LogP contribution < -0.4 is 10.2 Å². The van der Waals surface area contributed by atoms with Crippen molar-refractivity contribution in [1.82, 2.24) is 0 Å². The summed E-state index contributed by atoms with van der Waals surface area (Å²) in [6.07, 6.45) is 21.1. The molecule has 0 aromatic heterocycles. The van der Waals surface area contributed by atoms with Gasteiger partial charge in [0.1, 0.15) is 0 Å². The second kappa shape index (κ2) is 23.4. The van der Waals surface area contributed by atoms with Crippen LogP contribution in [-0.2, 0) is 12.8 Å². The summed E-state index contributed by atoms with van der Waals surface area (Å²) in [6.45, 7) is 4.50. The van der Waals surface area contributed by atoms with E-state index in [9.17, 15) is 10.2 Å². The molecular formula is C30H46BaO2. The normalized spacial score (nSPS) is 10.2. The Labute approximate surface area is 244 Å². The average molecular weight is 576 g/mol. The minimum Gasteiger partial charge on any atom is -0.872 e. The Kier molecular flexibility index (Phi) is 23.1. The zero-order chi connectivity index (χ0) is 23.3. The van der Waals surface area contributed by atoms with Crippen LogP contribution in [0.4, 0.5) is 0 Å². The smallest absolute Gasteiger partial charge is 0.872 e. The second-order valence-electron chi connectivity index (χ2n) is 9.03. The van der Waals surface area contributed by atoms with Gasteiger partial charge in [0.25, 0.3) is 0 Å². The van der Waals surface area contributed by atoms with Gasteiger partial charge < -0.3 is 10.2 Å². The number of hydrogen-bond acceptors (Lipinski definition) is 2. The van der Waals surface area contributed by atoms with Gasteiger partial charge in [-0.15, -0.1) is 11.5 Å². The van der Waals surface area contributed by atoms with Gasteiger partial charge >= 0.3 is 48.9 Å². The zero-order valence-corrected chi connectivity index (χ0v) is 25.9. The number of rotatable bonds is 16. The summed E-state index contributed by atoms with van der Waals surface area (Å²) in [4.78, 5) is 0. The van der Waals surface area contributed by atoms with Crippen LogP contribution in [0.15, 0.2) is 48.5 Å². The van der Waals surface area contributed by atoms with Crippen molar-refractivity contribution in [2.45, 2.75) is 117 Å². The molecule has 0 saturated carbocycles. The molecule has 0 spiro atoms. The summed E-state index contributed by atoms with van der Waals surface area (Å²) in [5.74, 6) is 0.228. The zero-order valence-electron chi connectivity index (χ0n) is 21.5. The molecule has 0 saturated heterocycles. The fourth-order valence-corrected chi connectivity index (χ4v) is 3.88. The average Bonchev–Trinajstić information content (AvgIpc) is 2.81. The van der Waals surface area contributed by atoms with Gasteiger partial charge in [0.05, 0.1) is 0 Å². The summed E-state index contributed by atoms with van der Waals surface area (Å²) < 4.78 is 0. The van der Waals surface area contributed by atoms with E-state index in [1.165, 1.54) is 101 Å². The summed E-state index contributed by atoms with van der Waals surface area (Å²) in [6, 6.07) is 14.5. The third kappa shape index (κ3) is 19.6. The van der Waals surface area contributed by atoms with E-state index in [-0.39, 0.29) is 60.4 Å². The van der Waals surface area contributed by atoms with Crippen molar-refractivity contribution < 1.29 is 10.2 Å². The molecule has 0 aliphatic rings. The maximum Gasteiger partial charge on any atom is 2.00 e. The molecule has 2 aromatic rings. The molecule has 0 unspecified atom stereocenters. The van der Waals surface area contributed by atoms with Gasteiger partial charge in [-0.2, -0.15) is 0 Å². The number of benzene rings is 2. The van der Waals surface area contributed by atoms with Gasteiger partial charge in [0.15, 0.2) is 0 Å². The van der Waals surface area contributed by atoms with E-state index >= 15 is 0 Å².